The Hall–Kier alpha value is -4.76. The predicted molar refractivity (Wildman–Crippen MR) is 325 cm³/mol. The normalized spacial score (nSPS) is 34.5. The summed E-state index contributed by atoms with van der Waals surface area (Å²) < 4.78 is 26.6. The van der Waals surface area contributed by atoms with Gasteiger partial charge in [0.1, 0.15) is 11.7 Å². The molecule has 7 aliphatic carbocycles. The Morgan fingerprint density at radius 3 is 2.52 bits per heavy atom. The number of carbonyl (C=O) groups is 1. The van der Waals surface area contributed by atoms with Gasteiger partial charge in [0, 0.05) is 60.9 Å². The van der Waals surface area contributed by atoms with E-state index in [1.54, 1.807) is 13.2 Å². The molecule has 83 heavy (non-hydrogen) atoms. The number of aromatic hydroxyl groups is 1. The molecule has 7 fully saturated rings. The summed E-state index contributed by atoms with van der Waals surface area (Å²) in [4.78, 5) is 21.2. The van der Waals surface area contributed by atoms with E-state index in [1.807, 2.05) is 25.3 Å². The van der Waals surface area contributed by atoms with Crippen molar-refractivity contribution in [3.63, 3.8) is 0 Å². The number of aliphatic imine (C=N–C) groups is 1. The summed E-state index contributed by atoms with van der Waals surface area (Å²) in [5.74, 6) is 12.0. The molecule has 452 valence electrons. The number of fused-ring (bicyclic) bond motifs is 10. The van der Waals surface area contributed by atoms with E-state index in [0.29, 0.717) is 85.5 Å². The zero-order valence-corrected chi connectivity index (χ0v) is 50.3. The minimum absolute atomic E-state index is 0.00671. The Bertz CT molecular complexity index is 2770. The molecule has 7 saturated carbocycles. The largest absolute Gasteiger partial charge is 0.504 e. The first-order chi connectivity index (χ1) is 40.5. The van der Waals surface area contributed by atoms with Crippen molar-refractivity contribution in [3.8, 4) is 47.0 Å². The number of allylic oxidation sites excluding steroid dienone is 2. The number of ether oxygens (including phenoxy) is 4. The second-order valence-corrected chi connectivity index (χ2v) is 27.3. The fourth-order valence-corrected chi connectivity index (χ4v) is 19.2. The number of nitrogens with one attached hydrogen (secondary N) is 3. The van der Waals surface area contributed by atoms with Gasteiger partial charge >= 0.3 is 0 Å². The van der Waals surface area contributed by atoms with Crippen molar-refractivity contribution in [2.24, 2.45) is 69.1 Å². The average Bonchev–Trinajstić information content (AvgIpc) is 1.88. The molecule has 0 aromatic heterocycles. The quantitative estimate of drug-likeness (QED) is 0.0480. The summed E-state index contributed by atoms with van der Waals surface area (Å²) in [6.45, 7) is 3.39. The molecule has 0 saturated heterocycles. The van der Waals surface area contributed by atoms with Crippen LogP contribution in [0.1, 0.15) is 191 Å². The molecule has 11 rings (SSSR count). The van der Waals surface area contributed by atoms with Gasteiger partial charge in [-0.25, -0.2) is 0 Å². The van der Waals surface area contributed by atoms with Crippen LogP contribution in [0.15, 0.2) is 47.5 Å². The maximum absolute atomic E-state index is 16.0. The number of hydrogen-bond acceptors (Lipinski definition) is 13. The van der Waals surface area contributed by atoms with Crippen LogP contribution in [0.5, 0.6) is 23.0 Å². The lowest BCUT2D eigenvalue weighted by Crippen LogP contribution is -2.55. The number of ketones is 1. The first kappa shape index (κ1) is 59.9. The molecular weight excluding hydrogens is 1040 g/mol. The molecule has 2 aromatic carbocycles. The van der Waals surface area contributed by atoms with Gasteiger partial charge in [-0.15, -0.1) is 0 Å². The number of hydrogen-bond donors (Lipinski definition) is 7. The van der Waals surface area contributed by atoms with Gasteiger partial charge in [0.25, 0.3) is 0 Å². The third-order valence-electron chi connectivity index (χ3n) is 22.9. The highest BCUT2D eigenvalue weighted by molar-refractivity contribution is 5.97. The molecule has 2 spiro atoms. The number of aliphatic hydroxyl groups is 3. The topological polar surface area (TPSA) is 183 Å². The Kier molecular flexibility index (Phi) is 19.1. The number of phenols is 1. The first-order valence-corrected chi connectivity index (χ1v) is 32.9. The molecule has 13 heteroatoms. The van der Waals surface area contributed by atoms with Gasteiger partial charge in [0.2, 0.25) is 11.7 Å². The molecule has 2 aliphatic heterocycles. The van der Waals surface area contributed by atoms with Crippen molar-refractivity contribution >= 4 is 17.4 Å². The molecule has 0 radical (unpaired) electrons. The summed E-state index contributed by atoms with van der Waals surface area (Å²) in [7, 11) is 3.59. The summed E-state index contributed by atoms with van der Waals surface area (Å²) in [5, 5.41) is 54.0. The molecule has 9 aliphatic rings. The standard InChI is InChI=1S/C70H98N4O9/c1-4-47-22-24-53-54(20-14-34-75)56-21-12-31-70(56)51-41-59(65-62(42-51)83-68(46-71-2)44-49(40-64(79)81-36-15-35-76)58(45-68)67(32-37-82-65)28-9-6-10-29-67)74-66(73-52-18-7-5-8-19-52)72-33-13-17-50-16-11-30-69(50,63(78)27-25-57(70)55(53)38-47)43-48-23-26-60(77)61(39-48)80-3/h23,25-27,39,41-42,47,49-50,52-58,64,71,75-77,79H,4-12,14-22,24,28-31,34-36,38,40,43-46H2,1-3H3,(H2,72,73,74)/b27-25+/t47-,49-,50-,53+,54-,55-,56+,57-,58-,64-,68-,69+,70-/m1/s1. The molecule has 13 nitrogen and oxygen atoms in total. The summed E-state index contributed by atoms with van der Waals surface area (Å²) in [6.07, 6.45) is 33.0. The number of guanidine groups is 1. The number of rotatable bonds is 16. The molecular formula is C70H98N4O9. The number of anilines is 1. The van der Waals surface area contributed by atoms with Crippen LogP contribution in [-0.2, 0) is 21.4 Å². The molecule has 4 bridgehead atoms. The van der Waals surface area contributed by atoms with Crippen LogP contribution in [-0.4, -0.2) is 90.6 Å². The molecule has 7 N–H and O–H groups in total. The van der Waals surface area contributed by atoms with Crippen LogP contribution in [0.25, 0.3) is 0 Å². The smallest absolute Gasteiger partial charge is 0.210 e. The van der Waals surface area contributed by atoms with E-state index >= 15 is 4.79 Å². The Labute approximate surface area is 495 Å². The van der Waals surface area contributed by atoms with Crippen LogP contribution in [0, 0.1) is 88.1 Å². The van der Waals surface area contributed by atoms with E-state index in [1.165, 1.54) is 18.4 Å². The van der Waals surface area contributed by atoms with Crippen molar-refractivity contribution in [1.82, 2.24) is 10.6 Å². The van der Waals surface area contributed by atoms with Crippen molar-refractivity contribution < 1.29 is 44.2 Å². The second-order valence-electron chi connectivity index (χ2n) is 27.3. The van der Waals surface area contributed by atoms with E-state index in [0.717, 1.165) is 146 Å². The SMILES string of the molecule is CC[C@@H]1CC[C@@H]2[C@@H](C1)[C@H]1/C=C/C(=O)[C@]3(Cc4ccc(O)c(OC)c4)CCC[C@@H]3CC#CN=C(NC3CCCCC3)Nc3cc(cc4c3OC#CC3(CCCCC3)[C@@H]3C[C@@](CNC)(C[C@H]3C[C@H](O)OCCCO)O4)[C@@]13CCC[C@H]3[C@@H]2CCCO. The highest BCUT2D eigenvalue weighted by Gasteiger charge is 2.62. The van der Waals surface area contributed by atoms with Crippen molar-refractivity contribution in [2.75, 3.05) is 45.8 Å². The first-order valence-electron chi connectivity index (χ1n) is 32.9. The number of nitrogens with zero attached hydrogens (tertiary/aromatic N) is 1. The van der Waals surface area contributed by atoms with E-state index in [9.17, 15) is 20.4 Å². The molecule has 0 unspecified atom stereocenters. The number of carbonyl (C=O) groups excluding carboxylic acids is 1. The van der Waals surface area contributed by atoms with Gasteiger partial charge in [0.15, 0.2) is 29.3 Å². The third kappa shape index (κ3) is 12.2. The van der Waals surface area contributed by atoms with Gasteiger partial charge in [0.05, 0.1) is 19.4 Å². The molecule has 13 atom stereocenters. The van der Waals surface area contributed by atoms with Gasteiger partial charge in [-0.2, -0.15) is 4.99 Å². The van der Waals surface area contributed by atoms with Gasteiger partial charge in [-0.05, 0) is 205 Å². The Balaban J connectivity index is 1.12. The van der Waals surface area contributed by atoms with Crippen molar-refractivity contribution in [3.05, 3.63) is 53.6 Å². The number of aliphatic hydroxyl groups excluding tert-OH is 3. The van der Waals surface area contributed by atoms with Crippen LogP contribution in [0.2, 0.25) is 0 Å². The number of benzene rings is 2. The van der Waals surface area contributed by atoms with E-state index in [-0.39, 0.29) is 72.4 Å². The van der Waals surface area contributed by atoms with Gasteiger partial charge in [-0.1, -0.05) is 95.1 Å². The van der Waals surface area contributed by atoms with Crippen LogP contribution in [0.3, 0.4) is 0 Å². The summed E-state index contributed by atoms with van der Waals surface area (Å²) in [5.41, 5.74) is 0.727. The van der Waals surface area contributed by atoms with E-state index in [2.05, 4.69) is 65.1 Å². The zero-order valence-electron chi connectivity index (χ0n) is 50.3. The molecule has 0 amide bonds. The van der Waals surface area contributed by atoms with E-state index in [4.69, 9.17) is 23.9 Å². The third-order valence-corrected chi connectivity index (χ3v) is 22.9. The Morgan fingerprint density at radius 2 is 1.72 bits per heavy atom. The summed E-state index contributed by atoms with van der Waals surface area (Å²) in [6, 6.07) is 13.7. The van der Waals surface area contributed by atoms with Crippen molar-refractivity contribution in [2.45, 2.75) is 210 Å². The van der Waals surface area contributed by atoms with Gasteiger partial charge in [-0.3, -0.25) is 4.79 Å². The molecule has 2 aromatic rings. The number of likely N-dealkylation sites (N-methyl/N-ethyl adjacent to an activating group) is 1. The minimum Gasteiger partial charge on any atom is -0.504 e. The van der Waals surface area contributed by atoms with Crippen LogP contribution in [0.4, 0.5) is 5.69 Å². The predicted octanol–water partition coefficient (Wildman–Crippen LogP) is 11.9. The van der Waals surface area contributed by atoms with Crippen LogP contribution < -0.4 is 30.2 Å². The lowest BCUT2D eigenvalue weighted by molar-refractivity contribution is -0.126. The highest BCUT2D eigenvalue weighted by atomic mass is 16.6. The fraction of sp³-hybridized carbons (Fsp3) is 0.714. The second kappa shape index (κ2) is 26.5. The maximum atomic E-state index is 16.0. The monoisotopic (exact) mass is 1140 g/mol. The highest BCUT2D eigenvalue weighted by Crippen LogP contribution is 2.67. The van der Waals surface area contributed by atoms with Crippen LogP contribution >= 0.6 is 0 Å². The maximum Gasteiger partial charge on any atom is 0.210 e. The number of phenolic OH excluding ortho intramolecular Hbond substituents is 1. The minimum atomic E-state index is -0.982. The fourth-order valence-electron chi connectivity index (χ4n) is 19.2. The zero-order chi connectivity index (χ0) is 57.6. The van der Waals surface area contributed by atoms with E-state index < -0.39 is 22.7 Å². The Morgan fingerprint density at radius 1 is 0.904 bits per heavy atom. The lowest BCUT2D eigenvalue weighted by Gasteiger charge is -2.59. The lowest BCUT2D eigenvalue weighted by atomic mass is 9.45. The average molecular weight is 1140 g/mol. The summed E-state index contributed by atoms with van der Waals surface area (Å²) >= 11 is 0. The molecule has 2 heterocycles. The number of methoxy groups -OCH3 is 1. The van der Waals surface area contributed by atoms with Crippen molar-refractivity contribution in [1.29, 1.82) is 0 Å². The van der Waals surface area contributed by atoms with Gasteiger partial charge < -0.3 is 55.3 Å².